The average Bonchev–Trinajstić information content (AvgIpc) is 3.15. The monoisotopic (exact) mass is 370 g/mol. The quantitative estimate of drug-likeness (QED) is 0.817. The Labute approximate surface area is 148 Å². The molecule has 0 aromatic heterocycles. The first-order valence-corrected chi connectivity index (χ1v) is 9.02. The third-order valence-electron chi connectivity index (χ3n) is 4.28. The van der Waals surface area contributed by atoms with Crippen LogP contribution in [0.15, 0.2) is 18.2 Å². The fraction of sp³-hybridized carbons (Fsp3) is 0.438. The van der Waals surface area contributed by atoms with Gasteiger partial charge in [-0.25, -0.2) is 4.39 Å². The third-order valence-corrected chi connectivity index (χ3v) is 5.42. The molecular formula is C16H16ClFN2O3S. The summed E-state index contributed by atoms with van der Waals surface area (Å²) in [4.78, 5) is 38.7. The number of thioether (sulfide) groups is 1. The summed E-state index contributed by atoms with van der Waals surface area (Å²) in [6.07, 6.45) is 1.29. The van der Waals surface area contributed by atoms with Crippen molar-refractivity contribution in [3.05, 3.63) is 34.6 Å². The van der Waals surface area contributed by atoms with Crippen LogP contribution in [-0.4, -0.2) is 51.7 Å². The van der Waals surface area contributed by atoms with E-state index in [0.29, 0.717) is 31.5 Å². The number of imide groups is 1. The Morgan fingerprint density at radius 1 is 1.38 bits per heavy atom. The predicted octanol–water partition coefficient (Wildman–Crippen LogP) is 2.71. The zero-order valence-electron chi connectivity index (χ0n) is 12.8. The maximum Gasteiger partial charge on any atom is 0.289 e. The van der Waals surface area contributed by atoms with Crippen molar-refractivity contribution in [2.75, 3.05) is 18.8 Å². The van der Waals surface area contributed by atoms with Gasteiger partial charge in [0.2, 0.25) is 11.8 Å². The van der Waals surface area contributed by atoms with Gasteiger partial charge in [-0.15, -0.1) is 0 Å². The largest absolute Gasteiger partial charge is 0.341 e. The number of aryl methyl sites for hydroxylation is 1. The minimum atomic E-state index is -0.494. The van der Waals surface area contributed by atoms with Crippen molar-refractivity contribution in [3.63, 3.8) is 0 Å². The predicted molar refractivity (Wildman–Crippen MR) is 89.4 cm³/mol. The molecule has 0 aliphatic carbocycles. The van der Waals surface area contributed by atoms with Crippen LogP contribution in [0.2, 0.25) is 5.02 Å². The van der Waals surface area contributed by atoms with E-state index in [1.54, 1.807) is 11.0 Å². The fourth-order valence-electron chi connectivity index (χ4n) is 3.00. The number of hydrogen-bond acceptors (Lipinski definition) is 4. The Morgan fingerprint density at radius 3 is 2.83 bits per heavy atom. The zero-order chi connectivity index (χ0) is 17.3. The molecule has 0 N–H and O–H groups in total. The molecule has 0 saturated carbocycles. The van der Waals surface area contributed by atoms with Crippen LogP contribution < -0.4 is 0 Å². The van der Waals surface area contributed by atoms with Crippen LogP contribution in [0, 0.1) is 5.82 Å². The van der Waals surface area contributed by atoms with E-state index in [0.717, 1.165) is 11.8 Å². The first-order chi connectivity index (χ1) is 11.5. The maximum absolute atomic E-state index is 13.4. The van der Waals surface area contributed by atoms with Crippen molar-refractivity contribution in [2.45, 2.75) is 25.3 Å². The summed E-state index contributed by atoms with van der Waals surface area (Å²) >= 11 is 6.64. The number of nitrogens with zero attached hydrogens (tertiary/aromatic N) is 2. The van der Waals surface area contributed by atoms with Crippen molar-refractivity contribution in [3.8, 4) is 0 Å². The van der Waals surface area contributed by atoms with E-state index >= 15 is 0 Å². The molecule has 1 aromatic rings. The number of amides is 3. The summed E-state index contributed by atoms with van der Waals surface area (Å²) < 4.78 is 13.4. The number of rotatable bonds is 4. The summed E-state index contributed by atoms with van der Waals surface area (Å²) in [5.74, 6) is -0.544. The van der Waals surface area contributed by atoms with Crippen LogP contribution in [0.4, 0.5) is 9.18 Å². The average molecular weight is 371 g/mol. The van der Waals surface area contributed by atoms with Gasteiger partial charge in [0, 0.05) is 19.5 Å². The molecule has 128 valence electrons. The van der Waals surface area contributed by atoms with E-state index in [9.17, 15) is 18.8 Å². The molecule has 1 atom stereocenters. The van der Waals surface area contributed by atoms with Gasteiger partial charge < -0.3 is 4.90 Å². The first-order valence-electron chi connectivity index (χ1n) is 7.66. The SMILES string of the molecule is O=C(CCc1ccc(Cl)c(F)c1)N1CCC(N2C(=O)CSC2=O)C1. The van der Waals surface area contributed by atoms with Crippen molar-refractivity contribution >= 4 is 40.4 Å². The minimum Gasteiger partial charge on any atom is -0.341 e. The Hall–Kier alpha value is -1.60. The molecule has 2 saturated heterocycles. The van der Waals surface area contributed by atoms with Gasteiger partial charge in [0.05, 0.1) is 16.8 Å². The van der Waals surface area contributed by atoms with Gasteiger partial charge in [-0.3, -0.25) is 19.3 Å². The summed E-state index contributed by atoms with van der Waals surface area (Å²) in [5, 5.41) is -0.166. The summed E-state index contributed by atoms with van der Waals surface area (Å²) in [6.45, 7) is 0.909. The zero-order valence-corrected chi connectivity index (χ0v) is 14.4. The topological polar surface area (TPSA) is 57.7 Å². The Balaban J connectivity index is 1.54. The molecule has 2 aliphatic rings. The molecule has 8 heteroatoms. The van der Waals surface area contributed by atoms with Gasteiger partial charge in [0.25, 0.3) is 5.24 Å². The maximum atomic E-state index is 13.4. The molecule has 0 radical (unpaired) electrons. The van der Waals surface area contributed by atoms with Gasteiger partial charge in [-0.05, 0) is 30.5 Å². The Morgan fingerprint density at radius 2 is 2.17 bits per heavy atom. The normalized spacial score (nSPS) is 21.0. The van der Waals surface area contributed by atoms with Gasteiger partial charge in [-0.1, -0.05) is 29.4 Å². The molecule has 1 unspecified atom stereocenters. The first kappa shape index (κ1) is 17.2. The molecule has 2 fully saturated rings. The highest BCUT2D eigenvalue weighted by Crippen LogP contribution is 2.26. The van der Waals surface area contributed by atoms with Crippen LogP contribution in [0.25, 0.3) is 0 Å². The highest BCUT2D eigenvalue weighted by Gasteiger charge is 2.39. The van der Waals surface area contributed by atoms with Crippen LogP contribution in [0.5, 0.6) is 0 Å². The standard InChI is InChI=1S/C16H16ClFN2O3S/c17-12-3-1-10(7-13(12)18)2-4-14(21)19-6-5-11(8-19)20-15(22)9-24-16(20)23/h1,3,7,11H,2,4-6,8-9H2. The highest BCUT2D eigenvalue weighted by molar-refractivity contribution is 8.14. The summed E-state index contributed by atoms with van der Waals surface area (Å²) in [6, 6.07) is 4.29. The Kier molecular flexibility index (Phi) is 5.10. The van der Waals surface area contributed by atoms with Crippen molar-refractivity contribution in [1.29, 1.82) is 0 Å². The van der Waals surface area contributed by atoms with Crippen molar-refractivity contribution in [1.82, 2.24) is 9.80 Å². The summed E-state index contributed by atoms with van der Waals surface area (Å²) in [5.41, 5.74) is 0.710. The molecule has 0 bridgehead atoms. The Bertz CT molecular complexity index is 684. The number of hydrogen-bond donors (Lipinski definition) is 0. The molecule has 0 spiro atoms. The van der Waals surface area contributed by atoms with E-state index in [4.69, 9.17) is 11.6 Å². The molecular weight excluding hydrogens is 355 g/mol. The lowest BCUT2D eigenvalue weighted by atomic mass is 10.1. The lowest BCUT2D eigenvalue weighted by Gasteiger charge is -2.22. The molecule has 3 rings (SSSR count). The van der Waals surface area contributed by atoms with Gasteiger partial charge in [-0.2, -0.15) is 0 Å². The molecule has 24 heavy (non-hydrogen) atoms. The lowest BCUT2D eigenvalue weighted by molar-refractivity contribution is -0.131. The molecule has 2 aliphatic heterocycles. The van der Waals surface area contributed by atoms with E-state index in [-0.39, 0.29) is 40.3 Å². The van der Waals surface area contributed by atoms with Crippen LogP contribution in [-0.2, 0) is 16.0 Å². The number of carbonyl (C=O) groups excluding carboxylic acids is 3. The van der Waals surface area contributed by atoms with Gasteiger partial charge in [0.1, 0.15) is 5.82 Å². The minimum absolute atomic E-state index is 0.0559. The summed E-state index contributed by atoms with van der Waals surface area (Å²) in [7, 11) is 0. The van der Waals surface area contributed by atoms with E-state index in [1.165, 1.54) is 17.0 Å². The number of carbonyl (C=O) groups is 3. The molecule has 5 nitrogen and oxygen atoms in total. The second-order valence-corrected chi connectivity index (χ2v) is 7.18. The smallest absolute Gasteiger partial charge is 0.289 e. The second-order valence-electron chi connectivity index (χ2n) is 5.85. The van der Waals surface area contributed by atoms with E-state index < -0.39 is 5.82 Å². The second kappa shape index (κ2) is 7.11. The van der Waals surface area contributed by atoms with Gasteiger partial charge in [0.15, 0.2) is 0 Å². The third kappa shape index (κ3) is 3.57. The van der Waals surface area contributed by atoms with E-state index in [2.05, 4.69) is 0 Å². The number of likely N-dealkylation sites (tertiary alicyclic amines) is 1. The van der Waals surface area contributed by atoms with Crippen LogP contribution >= 0.6 is 23.4 Å². The molecule has 1 aromatic carbocycles. The van der Waals surface area contributed by atoms with Crippen LogP contribution in [0.3, 0.4) is 0 Å². The fourth-order valence-corrected chi connectivity index (χ4v) is 3.89. The van der Waals surface area contributed by atoms with Crippen molar-refractivity contribution in [2.24, 2.45) is 0 Å². The highest BCUT2D eigenvalue weighted by atomic mass is 35.5. The van der Waals surface area contributed by atoms with Gasteiger partial charge >= 0.3 is 0 Å². The molecule has 2 heterocycles. The number of benzene rings is 1. The molecule has 3 amide bonds. The number of halogens is 2. The van der Waals surface area contributed by atoms with E-state index in [1.807, 2.05) is 0 Å². The van der Waals surface area contributed by atoms with Crippen molar-refractivity contribution < 1.29 is 18.8 Å². The lowest BCUT2D eigenvalue weighted by Crippen LogP contribution is -2.41. The van der Waals surface area contributed by atoms with Crippen LogP contribution in [0.1, 0.15) is 18.4 Å².